The number of hydrogen-bond acceptors (Lipinski definition) is 5. The van der Waals surface area contributed by atoms with Crippen LogP contribution < -0.4 is 4.90 Å². The van der Waals surface area contributed by atoms with Crippen LogP contribution in [0.3, 0.4) is 0 Å². The first kappa shape index (κ1) is 24.2. The monoisotopic (exact) mass is 490 g/mol. The summed E-state index contributed by atoms with van der Waals surface area (Å²) in [6, 6.07) is 8.24. The molecule has 5 rings (SSSR count). The Balaban J connectivity index is 1.35. The van der Waals surface area contributed by atoms with E-state index in [2.05, 4.69) is 37.8 Å². The van der Waals surface area contributed by atoms with Gasteiger partial charge in [-0.25, -0.2) is 9.97 Å². The number of aromatic nitrogens is 2. The molecule has 1 aliphatic carbocycles. The maximum Gasteiger partial charge on any atom is 0.253 e. The van der Waals surface area contributed by atoms with E-state index in [1.54, 1.807) is 0 Å². The van der Waals surface area contributed by atoms with Crippen molar-refractivity contribution >= 4 is 33.3 Å². The van der Waals surface area contributed by atoms with Crippen molar-refractivity contribution in [2.75, 3.05) is 31.1 Å². The summed E-state index contributed by atoms with van der Waals surface area (Å²) in [4.78, 5) is 30.4. The van der Waals surface area contributed by atoms with Crippen molar-refractivity contribution < 1.29 is 4.79 Å². The zero-order chi connectivity index (χ0) is 24.4. The van der Waals surface area contributed by atoms with Crippen molar-refractivity contribution in [3.8, 4) is 0 Å². The van der Waals surface area contributed by atoms with Crippen molar-refractivity contribution in [1.82, 2.24) is 14.9 Å². The molecule has 0 N–H and O–H groups in total. The first-order valence-electron chi connectivity index (χ1n) is 13.5. The topological polar surface area (TPSA) is 49.3 Å². The number of benzene rings is 1. The molecule has 1 aliphatic heterocycles. The van der Waals surface area contributed by atoms with Crippen LogP contribution in [-0.4, -0.2) is 47.0 Å². The summed E-state index contributed by atoms with van der Waals surface area (Å²) in [5.41, 5.74) is 3.61. The number of amides is 1. The smallest absolute Gasteiger partial charge is 0.253 e. The highest BCUT2D eigenvalue weighted by Crippen LogP contribution is 2.40. The number of unbranched alkanes of at least 4 members (excludes halogenated alkanes) is 1. The van der Waals surface area contributed by atoms with Gasteiger partial charge in [0.05, 0.1) is 5.39 Å². The quantitative estimate of drug-likeness (QED) is 0.376. The van der Waals surface area contributed by atoms with Gasteiger partial charge in [-0.1, -0.05) is 45.7 Å². The van der Waals surface area contributed by atoms with Crippen LogP contribution in [0.25, 0.3) is 10.2 Å². The van der Waals surface area contributed by atoms with Gasteiger partial charge in [-0.05, 0) is 61.8 Å². The maximum absolute atomic E-state index is 13.2. The molecule has 1 aromatic carbocycles. The Morgan fingerprint density at radius 1 is 1.00 bits per heavy atom. The van der Waals surface area contributed by atoms with Crippen molar-refractivity contribution in [3.63, 3.8) is 0 Å². The van der Waals surface area contributed by atoms with Gasteiger partial charge < -0.3 is 9.80 Å². The van der Waals surface area contributed by atoms with Gasteiger partial charge in [-0.3, -0.25) is 4.79 Å². The first-order valence-corrected chi connectivity index (χ1v) is 14.3. The van der Waals surface area contributed by atoms with E-state index in [-0.39, 0.29) is 5.91 Å². The van der Waals surface area contributed by atoms with E-state index >= 15 is 0 Å². The summed E-state index contributed by atoms with van der Waals surface area (Å²) in [5.74, 6) is 2.48. The molecule has 0 saturated carbocycles. The molecule has 0 bridgehead atoms. The Morgan fingerprint density at radius 3 is 2.46 bits per heavy atom. The summed E-state index contributed by atoms with van der Waals surface area (Å²) < 4.78 is 0. The highest BCUT2D eigenvalue weighted by atomic mass is 32.1. The van der Waals surface area contributed by atoms with Crippen molar-refractivity contribution in [1.29, 1.82) is 0 Å². The normalized spacial score (nSPS) is 16.6. The third kappa shape index (κ3) is 5.09. The molecule has 0 atom stereocenters. The Labute approximate surface area is 213 Å². The number of carbonyl (C=O) groups is 1. The number of carbonyl (C=O) groups excluding carboxylic acids is 1. The van der Waals surface area contributed by atoms with Crippen LogP contribution >= 0.6 is 11.3 Å². The highest BCUT2D eigenvalue weighted by molar-refractivity contribution is 7.19. The fourth-order valence-electron chi connectivity index (χ4n) is 5.32. The Morgan fingerprint density at radius 2 is 1.74 bits per heavy atom. The molecule has 35 heavy (non-hydrogen) atoms. The summed E-state index contributed by atoms with van der Waals surface area (Å²) >= 11 is 1.89. The average molecular weight is 491 g/mol. The van der Waals surface area contributed by atoms with E-state index < -0.39 is 0 Å². The highest BCUT2D eigenvalue weighted by Gasteiger charge is 2.28. The van der Waals surface area contributed by atoms with Gasteiger partial charge in [-0.2, -0.15) is 0 Å². The number of nitrogens with zero attached hydrogens (tertiary/aromatic N) is 4. The van der Waals surface area contributed by atoms with Gasteiger partial charge >= 0.3 is 0 Å². The van der Waals surface area contributed by atoms with Gasteiger partial charge in [0.2, 0.25) is 0 Å². The van der Waals surface area contributed by atoms with Crippen LogP contribution in [0, 0.1) is 0 Å². The molecule has 6 heteroatoms. The number of hydrogen-bond donors (Lipinski definition) is 0. The second-order valence-electron chi connectivity index (χ2n) is 10.4. The molecule has 5 nitrogen and oxygen atoms in total. The number of thiophene rings is 1. The SMILES string of the molecule is CCCCc1ccc(C(=O)N2CCN(c3nc(C(C)C)nc4sc5c(c34)CCCCC5)CC2)cc1. The van der Waals surface area contributed by atoms with E-state index in [1.807, 2.05) is 28.4 Å². The van der Waals surface area contributed by atoms with Crippen LogP contribution in [0.4, 0.5) is 5.82 Å². The molecule has 0 radical (unpaired) electrons. The van der Waals surface area contributed by atoms with Crippen LogP contribution in [0.2, 0.25) is 0 Å². The molecule has 2 aromatic heterocycles. The average Bonchev–Trinajstić information content (AvgIpc) is 3.07. The van der Waals surface area contributed by atoms with Gasteiger partial charge in [0.1, 0.15) is 16.5 Å². The van der Waals surface area contributed by atoms with E-state index in [1.165, 1.54) is 59.9 Å². The van der Waals surface area contributed by atoms with Crippen molar-refractivity contribution in [3.05, 3.63) is 51.7 Å². The number of aryl methyl sites for hydroxylation is 3. The Bertz CT molecular complexity index is 1180. The van der Waals surface area contributed by atoms with Crippen molar-refractivity contribution in [2.45, 2.75) is 78.1 Å². The van der Waals surface area contributed by atoms with Gasteiger partial charge in [0.25, 0.3) is 5.91 Å². The number of piperazine rings is 1. The van der Waals surface area contributed by atoms with Crippen molar-refractivity contribution in [2.24, 2.45) is 0 Å². The second kappa shape index (κ2) is 10.7. The molecular weight excluding hydrogens is 452 g/mol. The largest absolute Gasteiger partial charge is 0.352 e. The van der Waals surface area contributed by atoms with Crippen LogP contribution in [0.15, 0.2) is 24.3 Å². The van der Waals surface area contributed by atoms with Crippen LogP contribution in [0.5, 0.6) is 0 Å². The predicted octanol–water partition coefficient (Wildman–Crippen LogP) is 6.39. The molecule has 3 heterocycles. The third-order valence-electron chi connectivity index (χ3n) is 7.47. The van der Waals surface area contributed by atoms with Crippen LogP contribution in [0.1, 0.15) is 91.0 Å². The van der Waals surface area contributed by atoms with Gasteiger partial charge in [-0.15, -0.1) is 11.3 Å². The predicted molar refractivity (Wildman–Crippen MR) is 146 cm³/mol. The number of anilines is 1. The molecule has 3 aromatic rings. The zero-order valence-corrected chi connectivity index (χ0v) is 22.3. The Hall–Kier alpha value is -2.47. The summed E-state index contributed by atoms with van der Waals surface area (Å²) in [6.07, 6.45) is 9.62. The summed E-state index contributed by atoms with van der Waals surface area (Å²) in [5, 5.41) is 1.29. The van der Waals surface area contributed by atoms with E-state index in [4.69, 9.17) is 9.97 Å². The molecule has 0 spiro atoms. The summed E-state index contributed by atoms with van der Waals surface area (Å²) in [6.45, 7) is 9.64. The molecule has 0 unspecified atom stereocenters. The standard InChI is InChI=1S/C29H38N4OS/c1-4-5-9-21-12-14-22(15-13-21)29(34)33-18-16-32(17-19-33)27-25-23-10-7-6-8-11-24(23)35-28(25)31-26(30-27)20(2)3/h12-15,20H,4-11,16-19H2,1-3H3. The van der Waals surface area contributed by atoms with E-state index in [9.17, 15) is 4.79 Å². The number of fused-ring (bicyclic) bond motifs is 3. The fraction of sp³-hybridized carbons (Fsp3) is 0.552. The second-order valence-corrected chi connectivity index (χ2v) is 11.5. The minimum atomic E-state index is 0.145. The van der Waals surface area contributed by atoms with Crippen LogP contribution in [-0.2, 0) is 19.3 Å². The third-order valence-corrected chi connectivity index (χ3v) is 8.65. The van der Waals surface area contributed by atoms with Gasteiger partial charge in [0.15, 0.2) is 0 Å². The molecule has 1 fully saturated rings. The maximum atomic E-state index is 13.2. The molecule has 2 aliphatic rings. The summed E-state index contributed by atoms with van der Waals surface area (Å²) in [7, 11) is 0. The number of rotatable bonds is 6. The minimum Gasteiger partial charge on any atom is -0.352 e. The fourth-order valence-corrected chi connectivity index (χ4v) is 6.58. The zero-order valence-electron chi connectivity index (χ0n) is 21.5. The minimum absolute atomic E-state index is 0.145. The molecular formula is C29H38N4OS. The molecule has 1 saturated heterocycles. The molecule has 1 amide bonds. The van der Waals surface area contributed by atoms with E-state index in [0.717, 1.165) is 61.1 Å². The Kier molecular flexibility index (Phi) is 7.37. The van der Waals surface area contributed by atoms with E-state index in [0.29, 0.717) is 5.92 Å². The lowest BCUT2D eigenvalue weighted by Gasteiger charge is -2.36. The first-order chi connectivity index (χ1) is 17.0. The lowest BCUT2D eigenvalue weighted by Crippen LogP contribution is -2.49. The lowest BCUT2D eigenvalue weighted by molar-refractivity contribution is 0.0746. The molecule has 186 valence electrons. The van der Waals surface area contributed by atoms with Gasteiger partial charge in [0, 0.05) is 42.5 Å². The lowest BCUT2D eigenvalue weighted by atomic mass is 10.1.